The van der Waals surface area contributed by atoms with Crippen molar-refractivity contribution in [3.8, 4) is 11.1 Å². The first-order valence-electron chi connectivity index (χ1n) is 32.3. The van der Waals surface area contributed by atoms with Gasteiger partial charge >= 0.3 is 12.1 Å². The SMILES string of the molecule is Cc1c(-c2ccc(N3CCc4cccc(CNc5nc6ccccc6s5)c4C3)nc2C(=O)O)cnn1CC12CC3(C)CC(C)(C1)CC(OCCN(CCS(=O)(=O)O)C(=O)OCc1ccc(NC(=O)[C@H](C)NC(=O)[C@@H](NC(=O)CCCCCNC(=O)CCl)C(C)C)cc1)(C3)C2. The molecule has 1 aliphatic heterocycles. The number of aromatic nitrogens is 4. The van der Waals surface area contributed by atoms with Crippen LogP contribution in [0.1, 0.15) is 137 Å². The van der Waals surface area contributed by atoms with Gasteiger partial charge in [-0.15, -0.1) is 11.6 Å². The smallest absolute Gasteiger partial charge is 0.410 e. The van der Waals surface area contributed by atoms with Crippen LogP contribution in [0, 0.1) is 29.1 Å². The number of fused-ring (bicyclic) bond motifs is 2. The minimum atomic E-state index is -4.46. The number of halogens is 1. The number of pyridine rings is 1. The van der Waals surface area contributed by atoms with Gasteiger partial charge in [0.05, 0.1) is 34.4 Å². The molecule has 5 aliphatic rings. The summed E-state index contributed by atoms with van der Waals surface area (Å²) in [4.78, 5) is 90.4. The van der Waals surface area contributed by atoms with Crippen LogP contribution < -0.4 is 31.5 Å². The Balaban J connectivity index is 0.734. The highest BCUT2D eigenvalue weighted by Crippen LogP contribution is 2.72. The van der Waals surface area contributed by atoms with Crippen molar-refractivity contribution in [3.63, 3.8) is 0 Å². The summed E-state index contributed by atoms with van der Waals surface area (Å²) in [5.74, 6) is -3.23. The normalized spacial score (nSPS) is 21.1. The molecule has 3 aromatic carbocycles. The summed E-state index contributed by atoms with van der Waals surface area (Å²) < 4.78 is 49.6. The van der Waals surface area contributed by atoms with Crippen molar-refractivity contribution >= 4 is 95.6 Å². The van der Waals surface area contributed by atoms with Gasteiger partial charge in [-0.3, -0.25) is 28.4 Å². The molecule has 4 aliphatic carbocycles. The Hall–Kier alpha value is -7.71. The molecular formula is C68H86ClN11O12S2. The van der Waals surface area contributed by atoms with E-state index in [9.17, 15) is 46.8 Å². The Bertz CT molecular complexity index is 3850. The minimum absolute atomic E-state index is 0.0186. The molecule has 0 saturated heterocycles. The molecule has 4 bridgehead atoms. The number of nitrogens with zero attached hydrogens (tertiary/aromatic N) is 6. The number of para-hydroxylation sites is 1. The highest BCUT2D eigenvalue weighted by Gasteiger charge is 2.66. The van der Waals surface area contributed by atoms with Crippen molar-refractivity contribution in [1.29, 1.82) is 0 Å². The fraction of sp³-hybridized carbons (Fsp3) is 0.515. The number of thiazole rings is 1. The average molecular weight is 1350 g/mol. The summed E-state index contributed by atoms with van der Waals surface area (Å²) in [5, 5.41) is 31.0. The van der Waals surface area contributed by atoms with E-state index in [-0.39, 0.29) is 78.3 Å². The number of anilines is 3. The Morgan fingerprint density at radius 2 is 1.59 bits per heavy atom. The largest absolute Gasteiger partial charge is 0.476 e. The summed E-state index contributed by atoms with van der Waals surface area (Å²) in [5.41, 5.74) is 6.54. The quantitative estimate of drug-likeness (QED) is 0.0125. The first-order chi connectivity index (χ1) is 44.7. The third-order valence-electron chi connectivity index (χ3n) is 18.8. The van der Waals surface area contributed by atoms with Gasteiger partial charge < -0.3 is 51.0 Å². The van der Waals surface area contributed by atoms with Crippen molar-refractivity contribution < 1.29 is 56.3 Å². The molecule has 4 fully saturated rings. The van der Waals surface area contributed by atoms with Gasteiger partial charge in [-0.25, -0.2) is 19.6 Å². The molecular weight excluding hydrogens is 1260 g/mol. The van der Waals surface area contributed by atoms with Gasteiger partial charge in [0.15, 0.2) is 10.8 Å². The van der Waals surface area contributed by atoms with Crippen LogP contribution in [-0.2, 0) is 71.4 Å². The standard InChI is InChI=1S/C68H86ClN11O12S2/c1-43(2)58(77-56(81)17-8-7-11-25-70-57(82)31-69)61(84)73-44(3)60(83)74-49-20-18-46(19-21-49)35-91-64(87)78(28-30-94(88,89)90)27-29-92-68-39-65(5)36-66(6,40-68)38-67(37-65,41-68)42-80-45(4)51(33-72-80)50-22-23-55(76-59(50)62(85)86)79-26-24-47-13-12-14-48(52(47)34-79)32-71-63-75-53-15-9-10-16-54(53)93-63/h9-10,12-16,18-23,33,43-44,58H,7-8,11,17,24-32,34-42H2,1-6H3,(H,70,82)(H,71,75)(H,73,84)(H,74,83)(H,77,81)(H,85,86)(H,88,89,90)/t44-,58-,65?,66?,67?,68?/m0/s1. The second-order valence-electron chi connectivity index (χ2n) is 27.3. The van der Waals surface area contributed by atoms with E-state index in [4.69, 9.17) is 36.1 Å². The minimum Gasteiger partial charge on any atom is -0.476 e. The van der Waals surface area contributed by atoms with E-state index in [0.29, 0.717) is 80.2 Å². The molecule has 23 nitrogen and oxygen atoms in total. The van der Waals surface area contributed by atoms with Gasteiger partial charge in [0.1, 0.15) is 30.4 Å². The average Bonchev–Trinajstić information content (AvgIpc) is 0.743. The molecule has 4 heterocycles. The fourth-order valence-corrected chi connectivity index (χ4v) is 17.0. The number of amides is 5. The molecule has 0 radical (unpaired) electrons. The van der Waals surface area contributed by atoms with Crippen LogP contribution in [0.3, 0.4) is 0 Å². The topological polar surface area (TPSA) is 306 Å². The van der Waals surface area contributed by atoms with Gasteiger partial charge in [0.25, 0.3) is 10.1 Å². The Kier molecular flexibility index (Phi) is 21.4. The van der Waals surface area contributed by atoms with Crippen molar-refractivity contribution in [2.24, 2.45) is 22.2 Å². The van der Waals surface area contributed by atoms with E-state index >= 15 is 0 Å². The molecule has 0 spiro atoms. The highest BCUT2D eigenvalue weighted by atomic mass is 35.5. The summed E-state index contributed by atoms with van der Waals surface area (Å²) in [6.07, 6.45) is 9.05. The molecule has 4 saturated carbocycles. The molecule has 26 heteroatoms. The second kappa shape index (κ2) is 29.1. The molecule has 94 heavy (non-hydrogen) atoms. The van der Waals surface area contributed by atoms with Crippen LogP contribution in [-0.4, -0.2) is 141 Å². The maximum atomic E-state index is 13.8. The number of carboxylic acid groups (broad SMARTS) is 1. The molecule has 5 amide bonds. The number of hydrogen-bond donors (Lipinski definition) is 7. The Morgan fingerprint density at radius 3 is 2.30 bits per heavy atom. The molecule has 3 aromatic heterocycles. The number of ether oxygens (including phenoxy) is 2. The van der Waals surface area contributed by atoms with Crippen molar-refractivity contribution in [2.75, 3.05) is 60.0 Å². The van der Waals surface area contributed by atoms with Crippen LogP contribution >= 0.6 is 22.9 Å². The molecule has 6 aromatic rings. The van der Waals surface area contributed by atoms with E-state index in [1.54, 1.807) is 55.6 Å². The van der Waals surface area contributed by atoms with Crippen LogP contribution in [0.25, 0.3) is 21.3 Å². The number of aromatic carboxylic acids is 1. The molecule has 504 valence electrons. The van der Waals surface area contributed by atoms with E-state index in [0.717, 1.165) is 71.6 Å². The maximum Gasteiger partial charge on any atom is 0.410 e. The first kappa shape index (κ1) is 69.1. The maximum absolute atomic E-state index is 13.8. The van der Waals surface area contributed by atoms with Crippen molar-refractivity contribution in [1.82, 2.24) is 40.6 Å². The van der Waals surface area contributed by atoms with Crippen LogP contribution in [0.2, 0.25) is 0 Å². The summed E-state index contributed by atoms with van der Waals surface area (Å²) >= 11 is 7.12. The van der Waals surface area contributed by atoms with Crippen molar-refractivity contribution in [3.05, 3.63) is 119 Å². The number of carboxylic acids is 1. The molecule has 4 atom stereocenters. The van der Waals surface area contributed by atoms with Gasteiger partial charge in [-0.05, 0) is 152 Å². The van der Waals surface area contributed by atoms with Gasteiger partial charge in [-0.2, -0.15) is 13.5 Å². The fourth-order valence-electron chi connectivity index (χ4n) is 15.5. The second-order valence-corrected chi connectivity index (χ2v) is 30.1. The Labute approximate surface area is 557 Å². The Morgan fingerprint density at radius 1 is 0.830 bits per heavy atom. The van der Waals surface area contributed by atoms with E-state index in [1.807, 2.05) is 41.9 Å². The summed E-state index contributed by atoms with van der Waals surface area (Å²) in [6.45, 7) is 14.1. The first-order valence-corrected chi connectivity index (χ1v) is 35.2. The van der Waals surface area contributed by atoms with E-state index < -0.39 is 57.4 Å². The highest BCUT2D eigenvalue weighted by molar-refractivity contribution is 7.85. The lowest BCUT2D eigenvalue weighted by Crippen LogP contribution is -2.64. The van der Waals surface area contributed by atoms with Gasteiger partial charge in [0, 0.05) is 74.7 Å². The van der Waals surface area contributed by atoms with Gasteiger partial charge in [-0.1, -0.05) is 87.9 Å². The lowest BCUT2D eigenvalue weighted by molar-refractivity contribution is -0.248. The zero-order valence-electron chi connectivity index (χ0n) is 54.2. The monoisotopic (exact) mass is 1350 g/mol. The summed E-state index contributed by atoms with van der Waals surface area (Å²) in [7, 11) is -4.46. The third kappa shape index (κ3) is 17.0. The summed E-state index contributed by atoms with van der Waals surface area (Å²) in [6, 6.07) is 22.9. The number of nitrogens with one attached hydrogen (secondary N) is 5. The molecule has 7 N–H and O–H groups in total. The predicted molar refractivity (Wildman–Crippen MR) is 360 cm³/mol. The lowest BCUT2D eigenvalue weighted by Gasteiger charge is -2.69. The lowest BCUT2D eigenvalue weighted by atomic mass is 9.39. The van der Waals surface area contributed by atoms with E-state index in [2.05, 4.69) is 69.6 Å². The zero-order chi connectivity index (χ0) is 67.2. The number of benzene rings is 3. The molecule has 2 unspecified atom stereocenters. The number of alkyl halides is 1. The number of rotatable bonds is 30. The van der Waals surface area contributed by atoms with Crippen LogP contribution in [0.15, 0.2) is 85.1 Å². The molecule has 11 rings (SSSR count). The number of hydrogen-bond acceptors (Lipinski definition) is 16. The van der Waals surface area contributed by atoms with Crippen LogP contribution in [0.5, 0.6) is 0 Å². The number of carbonyl (C=O) groups excluding carboxylic acids is 5. The number of carbonyl (C=O) groups is 6. The van der Waals surface area contributed by atoms with Gasteiger partial charge in [0.2, 0.25) is 23.6 Å². The third-order valence-corrected chi connectivity index (χ3v) is 20.7. The van der Waals surface area contributed by atoms with Crippen molar-refractivity contribution in [2.45, 2.75) is 156 Å². The van der Waals surface area contributed by atoms with E-state index in [1.165, 1.54) is 23.0 Å². The predicted octanol–water partition coefficient (Wildman–Crippen LogP) is 9.90. The van der Waals surface area contributed by atoms with Crippen LogP contribution in [0.4, 0.5) is 21.4 Å². The zero-order valence-corrected chi connectivity index (χ0v) is 56.6. The number of unbranched alkanes of at least 4 members (excludes halogenated alkanes) is 2.